The molecule has 0 saturated carbocycles. The lowest BCUT2D eigenvalue weighted by Gasteiger charge is -2.15. The van der Waals surface area contributed by atoms with E-state index < -0.39 is 0 Å². The van der Waals surface area contributed by atoms with Gasteiger partial charge in [-0.15, -0.1) is 0 Å². The topological polar surface area (TPSA) is 70.6 Å². The zero-order chi connectivity index (χ0) is 10.8. The van der Waals surface area contributed by atoms with Crippen LogP contribution in [0, 0.1) is 0 Å². The van der Waals surface area contributed by atoms with E-state index in [1.165, 1.54) is 0 Å². The van der Waals surface area contributed by atoms with Crippen molar-refractivity contribution >= 4 is 17.6 Å². The molecule has 0 amide bonds. The molecule has 0 radical (unpaired) electrons. The van der Waals surface area contributed by atoms with Crippen LogP contribution in [-0.4, -0.2) is 35.6 Å². The number of amidine groups is 1. The molecule has 0 heterocycles. The van der Waals surface area contributed by atoms with Crippen molar-refractivity contribution in [3.8, 4) is 0 Å². The molecule has 0 spiro atoms. The van der Waals surface area contributed by atoms with Gasteiger partial charge >= 0.3 is 0 Å². The Kier molecular flexibility index (Phi) is 8.87. The second-order valence-electron chi connectivity index (χ2n) is 3.21. The van der Waals surface area contributed by atoms with Crippen molar-refractivity contribution in [2.75, 3.05) is 18.6 Å². The molecule has 5 heteroatoms. The fourth-order valence-corrected chi connectivity index (χ4v) is 1.90. The van der Waals surface area contributed by atoms with Gasteiger partial charge < -0.3 is 16.3 Å². The molecule has 0 aliphatic rings. The summed E-state index contributed by atoms with van der Waals surface area (Å²) >= 11 is 1.85. The summed E-state index contributed by atoms with van der Waals surface area (Å²) < 4.78 is 0. The fraction of sp³-hybridized carbons (Fsp3) is 0.889. The Hall–Kier alpha value is -0.420. The van der Waals surface area contributed by atoms with Crippen molar-refractivity contribution in [2.24, 2.45) is 10.9 Å². The first-order valence-corrected chi connectivity index (χ1v) is 6.32. The first-order chi connectivity index (χ1) is 6.74. The van der Waals surface area contributed by atoms with Gasteiger partial charge in [-0.2, -0.15) is 11.8 Å². The number of rotatable bonds is 8. The largest absolute Gasteiger partial charge is 0.409 e. The molecule has 4 N–H and O–H groups in total. The highest BCUT2D eigenvalue weighted by molar-refractivity contribution is 7.98. The number of nitrogens with zero attached hydrogens (tertiary/aromatic N) is 1. The molecule has 0 bridgehead atoms. The molecular formula is C9H21N3OS. The van der Waals surface area contributed by atoms with E-state index >= 15 is 0 Å². The Morgan fingerprint density at radius 2 is 2.36 bits per heavy atom. The molecular weight excluding hydrogens is 198 g/mol. The van der Waals surface area contributed by atoms with Gasteiger partial charge in [0.15, 0.2) is 0 Å². The molecule has 0 aromatic carbocycles. The maximum atomic E-state index is 8.31. The van der Waals surface area contributed by atoms with E-state index in [9.17, 15) is 0 Å². The Bertz CT molecular complexity index is 164. The quantitative estimate of drug-likeness (QED) is 0.189. The molecule has 0 aromatic rings. The Labute approximate surface area is 90.3 Å². The summed E-state index contributed by atoms with van der Waals surface area (Å²) in [6.07, 6.45) is 4.82. The Morgan fingerprint density at radius 1 is 1.64 bits per heavy atom. The van der Waals surface area contributed by atoms with Gasteiger partial charge in [-0.3, -0.25) is 0 Å². The second kappa shape index (κ2) is 9.15. The highest BCUT2D eigenvalue weighted by atomic mass is 32.2. The minimum atomic E-state index is 0.310. The van der Waals surface area contributed by atoms with E-state index in [0.717, 1.165) is 25.1 Å². The van der Waals surface area contributed by atoms with Crippen LogP contribution in [-0.2, 0) is 0 Å². The van der Waals surface area contributed by atoms with Gasteiger partial charge in [0.2, 0.25) is 0 Å². The Balaban J connectivity index is 3.41. The van der Waals surface area contributed by atoms with Crippen LogP contribution in [0.1, 0.15) is 26.2 Å². The van der Waals surface area contributed by atoms with Crippen molar-refractivity contribution in [2.45, 2.75) is 32.2 Å². The summed E-state index contributed by atoms with van der Waals surface area (Å²) in [5.41, 5.74) is 5.35. The van der Waals surface area contributed by atoms with Crippen LogP contribution in [0.25, 0.3) is 0 Å². The Morgan fingerprint density at radius 3 is 2.86 bits per heavy atom. The highest BCUT2D eigenvalue weighted by Gasteiger charge is 2.03. The van der Waals surface area contributed by atoms with Crippen LogP contribution in [0.15, 0.2) is 5.16 Å². The molecule has 4 nitrogen and oxygen atoms in total. The van der Waals surface area contributed by atoms with Crippen molar-refractivity contribution < 1.29 is 5.21 Å². The number of nitrogens with two attached hydrogens (primary N) is 1. The zero-order valence-corrected chi connectivity index (χ0v) is 9.81. The third-order valence-corrected chi connectivity index (χ3v) is 2.77. The van der Waals surface area contributed by atoms with Gasteiger partial charge in [-0.1, -0.05) is 12.1 Å². The summed E-state index contributed by atoms with van der Waals surface area (Å²) in [4.78, 5) is 0. The van der Waals surface area contributed by atoms with Crippen molar-refractivity contribution in [1.29, 1.82) is 0 Å². The molecule has 84 valence electrons. The van der Waals surface area contributed by atoms with E-state index in [1.54, 1.807) is 0 Å². The average molecular weight is 219 g/mol. The van der Waals surface area contributed by atoms with E-state index in [4.69, 9.17) is 10.9 Å². The molecule has 0 rings (SSSR count). The molecule has 1 atom stereocenters. The average Bonchev–Trinajstić information content (AvgIpc) is 2.22. The number of hydrogen-bond acceptors (Lipinski definition) is 4. The maximum Gasteiger partial charge on any atom is 0.139 e. The van der Waals surface area contributed by atoms with Gasteiger partial charge in [0.1, 0.15) is 5.84 Å². The van der Waals surface area contributed by atoms with Crippen molar-refractivity contribution in [3.05, 3.63) is 0 Å². The van der Waals surface area contributed by atoms with Crippen molar-refractivity contribution in [1.82, 2.24) is 5.32 Å². The molecule has 0 fully saturated rings. The van der Waals surface area contributed by atoms with Gasteiger partial charge in [-0.25, -0.2) is 0 Å². The standard InChI is InChI=1S/C9H21N3OS/c1-3-8(7-14-2)11-6-4-5-9(10)12-13/h8,11,13H,3-7H2,1-2H3,(H2,10,12). The normalized spacial score (nSPS) is 14.3. The van der Waals surface area contributed by atoms with Gasteiger partial charge in [0.25, 0.3) is 0 Å². The third-order valence-electron chi connectivity index (χ3n) is 2.03. The lowest BCUT2D eigenvalue weighted by atomic mass is 10.2. The van der Waals surface area contributed by atoms with E-state index in [2.05, 4.69) is 23.7 Å². The van der Waals surface area contributed by atoms with Crippen LogP contribution >= 0.6 is 11.8 Å². The summed E-state index contributed by atoms with van der Waals surface area (Å²) in [5.74, 6) is 1.45. The van der Waals surface area contributed by atoms with Crippen LogP contribution in [0.4, 0.5) is 0 Å². The number of oxime groups is 1. The lowest BCUT2D eigenvalue weighted by molar-refractivity contribution is 0.316. The summed E-state index contributed by atoms with van der Waals surface area (Å²) in [5, 5.41) is 14.7. The van der Waals surface area contributed by atoms with Crippen LogP contribution in [0.5, 0.6) is 0 Å². The smallest absolute Gasteiger partial charge is 0.139 e. The minimum absolute atomic E-state index is 0.310. The summed E-state index contributed by atoms with van der Waals surface area (Å²) in [7, 11) is 0. The van der Waals surface area contributed by atoms with E-state index in [-0.39, 0.29) is 0 Å². The van der Waals surface area contributed by atoms with E-state index in [0.29, 0.717) is 18.3 Å². The van der Waals surface area contributed by atoms with Gasteiger partial charge in [-0.05, 0) is 25.6 Å². The number of thioether (sulfide) groups is 1. The molecule has 14 heavy (non-hydrogen) atoms. The minimum Gasteiger partial charge on any atom is -0.409 e. The predicted octanol–water partition coefficient (Wildman–Crippen LogP) is 1.24. The van der Waals surface area contributed by atoms with Gasteiger partial charge in [0.05, 0.1) is 0 Å². The van der Waals surface area contributed by atoms with Crippen LogP contribution < -0.4 is 11.1 Å². The first-order valence-electron chi connectivity index (χ1n) is 4.93. The molecule has 1 unspecified atom stereocenters. The van der Waals surface area contributed by atoms with Crippen LogP contribution in [0.2, 0.25) is 0 Å². The first kappa shape index (κ1) is 13.6. The molecule has 0 aliphatic heterocycles. The van der Waals surface area contributed by atoms with Gasteiger partial charge in [0, 0.05) is 18.2 Å². The zero-order valence-electron chi connectivity index (χ0n) is 8.99. The number of nitrogens with one attached hydrogen (secondary N) is 1. The van der Waals surface area contributed by atoms with Crippen LogP contribution in [0.3, 0.4) is 0 Å². The fourth-order valence-electron chi connectivity index (χ4n) is 1.15. The SMILES string of the molecule is CCC(CSC)NCCCC(N)=NO. The third kappa shape index (κ3) is 7.03. The lowest BCUT2D eigenvalue weighted by Crippen LogP contribution is -2.31. The molecule has 0 aromatic heterocycles. The predicted molar refractivity (Wildman–Crippen MR) is 63.1 cm³/mol. The second-order valence-corrected chi connectivity index (χ2v) is 4.12. The summed E-state index contributed by atoms with van der Waals surface area (Å²) in [6, 6.07) is 0.581. The van der Waals surface area contributed by atoms with Crippen molar-refractivity contribution in [3.63, 3.8) is 0 Å². The van der Waals surface area contributed by atoms with E-state index in [1.807, 2.05) is 11.8 Å². The highest BCUT2D eigenvalue weighted by Crippen LogP contribution is 2.01. The monoisotopic (exact) mass is 219 g/mol. The maximum absolute atomic E-state index is 8.31. The number of hydrogen-bond donors (Lipinski definition) is 3. The molecule has 0 saturated heterocycles. The molecule has 0 aliphatic carbocycles. The summed E-state index contributed by atoms with van der Waals surface area (Å²) in [6.45, 7) is 3.10.